The van der Waals surface area contributed by atoms with Crippen molar-refractivity contribution >= 4 is 33.5 Å². The number of rotatable bonds is 7. The van der Waals surface area contributed by atoms with Crippen LogP contribution < -0.4 is 20.1 Å². The van der Waals surface area contributed by atoms with E-state index in [0.717, 1.165) is 22.3 Å². The number of aryl methyl sites for hydroxylation is 2. The molecule has 1 aliphatic heterocycles. The molecule has 0 fully saturated rings. The van der Waals surface area contributed by atoms with Crippen LogP contribution >= 0.6 is 15.9 Å². The number of nitrogens with zero attached hydrogens (tertiary/aromatic N) is 4. The standard InChI is InChI=1S/C28H27BrN6O3/c1-16-8-7-11-21(12-16)31-27(36)24-18(3)30-28-32-33-34-35(28)25(24)20-13-22(29)26(23(14-20)37-4)38-15-19-10-6-5-9-17(19)2/h5-14,25H,15H2,1-4H3,(H,31,36)(H,30,32,34). The average Bonchev–Trinajstić information content (AvgIpc) is 3.35. The van der Waals surface area contributed by atoms with Crippen LogP contribution in [0.2, 0.25) is 0 Å². The van der Waals surface area contributed by atoms with Crippen LogP contribution in [-0.4, -0.2) is 33.2 Å². The Hall–Kier alpha value is -4.18. The SMILES string of the molecule is COc1cc(C2C(C(=O)Nc3cccc(C)c3)=C(C)Nc3nnnn32)cc(Br)c1OCc1ccccc1C. The highest BCUT2D eigenvalue weighted by Gasteiger charge is 2.35. The number of ether oxygens (including phenoxy) is 2. The maximum atomic E-state index is 13.6. The summed E-state index contributed by atoms with van der Waals surface area (Å²) in [4.78, 5) is 13.6. The fraction of sp³-hybridized carbons (Fsp3) is 0.214. The molecular formula is C28H27BrN6O3. The lowest BCUT2D eigenvalue weighted by Gasteiger charge is -2.28. The van der Waals surface area contributed by atoms with Gasteiger partial charge in [0.15, 0.2) is 11.5 Å². The summed E-state index contributed by atoms with van der Waals surface area (Å²) in [5, 5.41) is 18.3. The number of carbonyl (C=O) groups is 1. The van der Waals surface area contributed by atoms with Gasteiger partial charge in [0.2, 0.25) is 5.95 Å². The molecule has 0 bridgehead atoms. The number of nitrogens with one attached hydrogen (secondary N) is 2. The topological polar surface area (TPSA) is 103 Å². The molecule has 38 heavy (non-hydrogen) atoms. The van der Waals surface area contributed by atoms with Gasteiger partial charge < -0.3 is 20.1 Å². The van der Waals surface area contributed by atoms with Gasteiger partial charge >= 0.3 is 0 Å². The summed E-state index contributed by atoms with van der Waals surface area (Å²) in [6.45, 7) is 6.24. The first kappa shape index (κ1) is 25.5. The second-order valence-electron chi connectivity index (χ2n) is 9.09. The molecule has 0 radical (unpaired) electrons. The van der Waals surface area contributed by atoms with Crippen molar-refractivity contribution in [3.63, 3.8) is 0 Å². The lowest BCUT2D eigenvalue weighted by atomic mass is 9.94. The highest BCUT2D eigenvalue weighted by atomic mass is 79.9. The first-order valence-corrected chi connectivity index (χ1v) is 12.8. The van der Waals surface area contributed by atoms with Gasteiger partial charge in [0.1, 0.15) is 12.6 Å². The van der Waals surface area contributed by atoms with Gasteiger partial charge in [-0.15, -0.1) is 0 Å². The van der Waals surface area contributed by atoms with Gasteiger partial charge in [-0.1, -0.05) is 41.5 Å². The number of benzene rings is 3. The zero-order chi connectivity index (χ0) is 26.8. The number of tetrazole rings is 1. The summed E-state index contributed by atoms with van der Waals surface area (Å²) in [5.74, 6) is 1.26. The molecule has 1 atom stereocenters. The number of hydrogen-bond acceptors (Lipinski definition) is 7. The second-order valence-corrected chi connectivity index (χ2v) is 9.94. The molecule has 0 aliphatic carbocycles. The van der Waals surface area contributed by atoms with Crippen LogP contribution in [0, 0.1) is 13.8 Å². The molecule has 5 rings (SSSR count). The minimum atomic E-state index is -0.610. The molecule has 1 aliphatic rings. The number of hydrogen-bond donors (Lipinski definition) is 2. The van der Waals surface area contributed by atoms with Crippen molar-refractivity contribution in [2.24, 2.45) is 0 Å². The Morgan fingerprint density at radius 3 is 2.68 bits per heavy atom. The highest BCUT2D eigenvalue weighted by molar-refractivity contribution is 9.10. The number of halogens is 1. The van der Waals surface area contributed by atoms with Gasteiger partial charge in [0.05, 0.1) is 17.2 Å². The average molecular weight is 575 g/mol. The second kappa shape index (κ2) is 10.7. The molecule has 0 saturated carbocycles. The molecule has 0 saturated heterocycles. The van der Waals surface area contributed by atoms with Crippen LogP contribution in [0.3, 0.4) is 0 Å². The molecule has 0 spiro atoms. The molecule has 3 aromatic carbocycles. The molecular weight excluding hydrogens is 548 g/mol. The van der Waals surface area contributed by atoms with Crippen molar-refractivity contribution in [1.82, 2.24) is 20.2 Å². The highest BCUT2D eigenvalue weighted by Crippen LogP contribution is 2.43. The Kier molecular flexibility index (Phi) is 7.15. The van der Waals surface area contributed by atoms with Gasteiger partial charge in [-0.2, -0.15) is 4.68 Å². The molecule has 4 aromatic rings. The van der Waals surface area contributed by atoms with E-state index in [-0.39, 0.29) is 5.91 Å². The summed E-state index contributed by atoms with van der Waals surface area (Å²) in [6, 6.07) is 18.9. The first-order valence-electron chi connectivity index (χ1n) is 12.0. The van der Waals surface area contributed by atoms with Crippen LogP contribution in [0.25, 0.3) is 0 Å². The number of allylic oxidation sites excluding steroid dienone is 1. The number of aromatic nitrogens is 4. The quantitative estimate of drug-likeness (QED) is 0.297. The number of methoxy groups -OCH3 is 1. The predicted octanol–water partition coefficient (Wildman–Crippen LogP) is 5.57. The fourth-order valence-corrected chi connectivity index (χ4v) is 5.07. The summed E-state index contributed by atoms with van der Waals surface area (Å²) < 4.78 is 14.2. The number of anilines is 2. The van der Waals surface area contributed by atoms with E-state index in [1.165, 1.54) is 0 Å². The largest absolute Gasteiger partial charge is 0.493 e. The van der Waals surface area contributed by atoms with E-state index < -0.39 is 6.04 Å². The predicted molar refractivity (Wildman–Crippen MR) is 148 cm³/mol. The van der Waals surface area contributed by atoms with Crippen LogP contribution in [-0.2, 0) is 11.4 Å². The summed E-state index contributed by atoms with van der Waals surface area (Å²) in [6.07, 6.45) is 0. The molecule has 2 heterocycles. The van der Waals surface area contributed by atoms with Crippen molar-refractivity contribution in [1.29, 1.82) is 0 Å². The zero-order valence-corrected chi connectivity index (χ0v) is 23.0. The van der Waals surface area contributed by atoms with E-state index >= 15 is 0 Å². The molecule has 1 aromatic heterocycles. The minimum absolute atomic E-state index is 0.262. The Morgan fingerprint density at radius 1 is 1.11 bits per heavy atom. The lowest BCUT2D eigenvalue weighted by Crippen LogP contribution is -2.31. The Morgan fingerprint density at radius 2 is 1.92 bits per heavy atom. The van der Waals surface area contributed by atoms with E-state index in [4.69, 9.17) is 9.47 Å². The molecule has 194 valence electrons. The fourth-order valence-electron chi connectivity index (χ4n) is 4.50. The van der Waals surface area contributed by atoms with E-state index in [1.54, 1.807) is 11.8 Å². The zero-order valence-electron chi connectivity index (χ0n) is 21.4. The maximum absolute atomic E-state index is 13.6. The van der Waals surface area contributed by atoms with Crippen LogP contribution in [0.15, 0.2) is 76.4 Å². The third kappa shape index (κ3) is 4.99. The summed E-state index contributed by atoms with van der Waals surface area (Å²) in [7, 11) is 1.59. The molecule has 1 amide bonds. The Bertz CT molecular complexity index is 1550. The Balaban J connectivity index is 1.52. The summed E-state index contributed by atoms with van der Waals surface area (Å²) in [5.41, 5.74) is 5.85. The number of carbonyl (C=O) groups excluding carboxylic acids is 1. The van der Waals surface area contributed by atoms with Gasteiger partial charge in [0.25, 0.3) is 5.91 Å². The monoisotopic (exact) mass is 574 g/mol. The minimum Gasteiger partial charge on any atom is -0.493 e. The number of amides is 1. The van der Waals surface area contributed by atoms with Crippen molar-refractivity contribution in [2.75, 3.05) is 17.7 Å². The molecule has 10 heteroatoms. The first-order chi connectivity index (χ1) is 18.4. The van der Waals surface area contributed by atoms with Crippen molar-refractivity contribution in [3.8, 4) is 11.5 Å². The summed E-state index contributed by atoms with van der Waals surface area (Å²) >= 11 is 3.66. The number of fused-ring (bicyclic) bond motifs is 1. The van der Waals surface area contributed by atoms with Crippen LogP contribution in [0.4, 0.5) is 11.6 Å². The van der Waals surface area contributed by atoms with Gasteiger partial charge in [-0.05, 0) is 93.6 Å². The lowest BCUT2D eigenvalue weighted by molar-refractivity contribution is -0.113. The third-order valence-corrected chi connectivity index (χ3v) is 7.02. The van der Waals surface area contributed by atoms with Gasteiger partial charge in [0, 0.05) is 11.4 Å². The van der Waals surface area contributed by atoms with Crippen LogP contribution in [0.5, 0.6) is 11.5 Å². The molecule has 9 nitrogen and oxygen atoms in total. The molecule has 1 unspecified atom stereocenters. The van der Waals surface area contributed by atoms with Crippen molar-refractivity contribution in [3.05, 3.63) is 98.7 Å². The molecule has 2 N–H and O–H groups in total. The maximum Gasteiger partial charge on any atom is 0.255 e. The normalized spacial score (nSPS) is 14.5. The smallest absolute Gasteiger partial charge is 0.255 e. The van der Waals surface area contributed by atoms with Crippen molar-refractivity contribution < 1.29 is 14.3 Å². The Labute approximate surface area is 229 Å². The third-order valence-electron chi connectivity index (χ3n) is 6.44. The van der Waals surface area contributed by atoms with Gasteiger partial charge in [-0.25, -0.2) is 0 Å². The van der Waals surface area contributed by atoms with E-state index in [1.807, 2.05) is 81.4 Å². The van der Waals surface area contributed by atoms with Crippen molar-refractivity contribution in [2.45, 2.75) is 33.4 Å². The van der Waals surface area contributed by atoms with Crippen LogP contribution in [0.1, 0.15) is 35.2 Å². The van der Waals surface area contributed by atoms with Gasteiger partial charge in [-0.3, -0.25) is 4.79 Å². The van der Waals surface area contributed by atoms with E-state index in [9.17, 15) is 4.79 Å². The van der Waals surface area contributed by atoms with E-state index in [0.29, 0.717) is 45.5 Å². The van der Waals surface area contributed by atoms with E-state index in [2.05, 4.69) is 42.1 Å².